The highest BCUT2D eigenvalue weighted by molar-refractivity contribution is 7.86. The number of halogens is 5. The Hall–Kier alpha value is -3.58. The van der Waals surface area contributed by atoms with E-state index in [1.165, 1.54) is 30.3 Å². The maximum atomic E-state index is 13.9. The predicted molar refractivity (Wildman–Crippen MR) is 121 cm³/mol. The fourth-order valence-electron chi connectivity index (χ4n) is 3.79. The first-order valence-corrected chi connectivity index (χ1v) is 11.8. The van der Waals surface area contributed by atoms with Crippen LogP contribution >= 0.6 is 0 Å². The number of benzene rings is 3. The van der Waals surface area contributed by atoms with E-state index < -0.39 is 45.2 Å². The first-order valence-electron chi connectivity index (χ1n) is 10.4. The van der Waals surface area contributed by atoms with E-state index in [0.29, 0.717) is 11.1 Å². The van der Waals surface area contributed by atoms with E-state index >= 15 is 0 Å². The number of esters is 2. The van der Waals surface area contributed by atoms with E-state index in [-0.39, 0.29) is 22.1 Å². The smallest absolute Gasteiger partial charge is 0.432 e. The van der Waals surface area contributed by atoms with Gasteiger partial charge in [-0.25, -0.2) is 9.59 Å². The second kappa shape index (κ2) is 9.71. The highest BCUT2D eigenvalue weighted by Crippen LogP contribution is 2.39. The SMILES string of the molecule is Cc1cc(C)c(OC(=O)c2cccc3cccc(C(=O)OC(C(F)(F)F)C(F)(F)S(=O)(=O)O)c23)c(C)c1. The lowest BCUT2D eigenvalue weighted by Gasteiger charge is -2.26. The van der Waals surface area contributed by atoms with Crippen molar-refractivity contribution in [3.8, 4) is 5.75 Å². The van der Waals surface area contributed by atoms with Gasteiger partial charge < -0.3 is 9.47 Å². The van der Waals surface area contributed by atoms with Gasteiger partial charge in [-0.2, -0.15) is 30.4 Å². The van der Waals surface area contributed by atoms with Crippen molar-refractivity contribution in [3.05, 3.63) is 76.3 Å². The van der Waals surface area contributed by atoms with Crippen LogP contribution in [0.5, 0.6) is 5.75 Å². The lowest BCUT2D eigenvalue weighted by molar-refractivity contribution is -0.247. The van der Waals surface area contributed by atoms with Crippen molar-refractivity contribution in [2.24, 2.45) is 0 Å². The fourth-order valence-corrected chi connectivity index (χ4v) is 4.24. The molecule has 0 saturated heterocycles. The Labute approximate surface area is 207 Å². The second-order valence-corrected chi connectivity index (χ2v) is 9.68. The summed E-state index contributed by atoms with van der Waals surface area (Å²) in [6.45, 7) is 5.19. The number of alkyl halides is 5. The molecule has 7 nitrogen and oxygen atoms in total. The largest absolute Gasteiger partial charge is 0.441 e. The maximum absolute atomic E-state index is 13.9. The van der Waals surface area contributed by atoms with Crippen LogP contribution < -0.4 is 4.74 Å². The van der Waals surface area contributed by atoms with E-state index in [1.807, 2.05) is 6.92 Å². The van der Waals surface area contributed by atoms with E-state index in [2.05, 4.69) is 4.74 Å². The molecular weight excluding hydrogens is 527 g/mol. The summed E-state index contributed by atoms with van der Waals surface area (Å²) < 4.78 is 108. The number of carbonyl (C=O) groups is 2. The van der Waals surface area contributed by atoms with Gasteiger partial charge in [0, 0.05) is 5.39 Å². The topological polar surface area (TPSA) is 107 Å². The number of aryl methyl sites for hydroxylation is 3. The molecule has 13 heteroatoms. The van der Waals surface area contributed by atoms with Gasteiger partial charge in [0.15, 0.2) is 0 Å². The lowest BCUT2D eigenvalue weighted by atomic mass is 9.99. The van der Waals surface area contributed by atoms with Gasteiger partial charge in [-0.3, -0.25) is 4.55 Å². The van der Waals surface area contributed by atoms with Crippen molar-refractivity contribution >= 4 is 32.8 Å². The van der Waals surface area contributed by atoms with Gasteiger partial charge in [0.25, 0.3) is 6.10 Å². The average molecular weight is 546 g/mol. The Bertz CT molecular complexity index is 1470. The highest BCUT2D eigenvalue weighted by Gasteiger charge is 2.66. The number of ether oxygens (including phenoxy) is 2. The Morgan fingerprint density at radius 3 is 1.81 bits per heavy atom. The summed E-state index contributed by atoms with van der Waals surface area (Å²) in [5.74, 6) is -2.81. The summed E-state index contributed by atoms with van der Waals surface area (Å²) in [5, 5.41) is -6.04. The van der Waals surface area contributed by atoms with Crippen molar-refractivity contribution in [1.29, 1.82) is 0 Å². The van der Waals surface area contributed by atoms with Crippen molar-refractivity contribution in [3.63, 3.8) is 0 Å². The minimum absolute atomic E-state index is 0.145. The zero-order valence-corrected chi connectivity index (χ0v) is 20.2. The number of fused-ring (bicyclic) bond motifs is 1. The summed E-state index contributed by atoms with van der Waals surface area (Å²) in [6, 6.07) is 11.0. The third-order valence-corrected chi connectivity index (χ3v) is 6.22. The van der Waals surface area contributed by atoms with Gasteiger partial charge in [-0.15, -0.1) is 0 Å². The average Bonchev–Trinajstić information content (AvgIpc) is 2.77. The van der Waals surface area contributed by atoms with Crippen molar-refractivity contribution in [2.45, 2.75) is 38.3 Å². The number of hydrogen-bond acceptors (Lipinski definition) is 6. The first kappa shape index (κ1) is 28.0. The van der Waals surface area contributed by atoms with Crippen LogP contribution in [0.4, 0.5) is 22.0 Å². The molecule has 3 aromatic rings. The molecule has 37 heavy (non-hydrogen) atoms. The summed E-state index contributed by atoms with van der Waals surface area (Å²) >= 11 is 0. The third kappa shape index (κ3) is 5.57. The molecule has 0 fully saturated rings. The lowest BCUT2D eigenvalue weighted by Crippen LogP contribution is -2.52. The van der Waals surface area contributed by atoms with Crippen LogP contribution in [-0.2, 0) is 14.9 Å². The molecule has 198 valence electrons. The van der Waals surface area contributed by atoms with Crippen LogP contribution in [-0.4, -0.2) is 42.4 Å². The number of carbonyl (C=O) groups excluding carboxylic acids is 2. The summed E-state index contributed by atoms with van der Waals surface area (Å²) in [7, 11) is -6.63. The number of rotatable bonds is 6. The van der Waals surface area contributed by atoms with Gasteiger partial charge in [-0.1, -0.05) is 42.0 Å². The van der Waals surface area contributed by atoms with Crippen LogP contribution in [0.15, 0.2) is 48.5 Å². The monoisotopic (exact) mass is 546 g/mol. The minimum atomic E-state index is -6.63. The molecule has 3 aromatic carbocycles. The maximum Gasteiger partial charge on any atom is 0.432 e. The summed E-state index contributed by atoms with van der Waals surface area (Å²) in [6.07, 6.45) is -10.6. The molecule has 1 N–H and O–H groups in total. The zero-order chi connectivity index (χ0) is 27.9. The normalized spacial score (nSPS) is 13.3. The molecular formula is C24H19F5O7S. The van der Waals surface area contributed by atoms with Gasteiger partial charge in [0.1, 0.15) is 5.75 Å². The van der Waals surface area contributed by atoms with E-state index in [4.69, 9.17) is 9.29 Å². The van der Waals surface area contributed by atoms with Crippen LogP contribution in [0, 0.1) is 20.8 Å². The first-order chi connectivity index (χ1) is 16.9. The van der Waals surface area contributed by atoms with E-state index in [1.54, 1.807) is 26.0 Å². The zero-order valence-electron chi connectivity index (χ0n) is 19.4. The van der Waals surface area contributed by atoms with Crippen molar-refractivity contribution in [2.75, 3.05) is 0 Å². The Balaban J connectivity index is 2.10. The molecule has 0 aliphatic heterocycles. The van der Waals surface area contributed by atoms with E-state index in [0.717, 1.165) is 11.6 Å². The molecule has 3 rings (SSSR count). The van der Waals surface area contributed by atoms with Crippen LogP contribution in [0.3, 0.4) is 0 Å². The van der Waals surface area contributed by atoms with Crippen LogP contribution in [0.1, 0.15) is 37.4 Å². The third-order valence-electron chi connectivity index (χ3n) is 5.32. The summed E-state index contributed by atoms with van der Waals surface area (Å²) in [5.41, 5.74) is 1.06. The molecule has 0 heterocycles. The van der Waals surface area contributed by atoms with Gasteiger partial charge >= 0.3 is 33.5 Å². The summed E-state index contributed by atoms with van der Waals surface area (Å²) in [4.78, 5) is 25.8. The quantitative estimate of drug-likeness (QED) is 0.187. The Kier molecular flexibility index (Phi) is 7.35. The molecule has 0 spiro atoms. The van der Waals surface area contributed by atoms with E-state index in [9.17, 15) is 40.0 Å². The minimum Gasteiger partial charge on any atom is -0.441 e. The van der Waals surface area contributed by atoms with Crippen LogP contribution in [0.2, 0.25) is 0 Å². The Morgan fingerprint density at radius 1 is 0.865 bits per heavy atom. The molecule has 1 unspecified atom stereocenters. The standard InChI is InChI=1S/C24H19F5O7S/c1-12-10-13(2)19(14(3)11-12)35-20(30)16-8-4-6-15-7-5-9-17(18(15)16)21(31)36-22(23(25,26)27)24(28,29)37(32,33)34/h4-11,22H,1-3H3,(H,32,33,34). The molecule has 0 aromatic heterocycles. The molecule has 0 amide bonds. The Morgan fingerprint density at radius 2 is 1.35 bits per heavy atom. The fraction of sp³-hybridized carbons (Fsp3) is 0.250. The molecule has 0 aliphatic rings. The molecule has 0 radical (unpaired) electrons. The van der Waals surface area contributed by atoms with Gasteiger partial charge in [-0.05, 0) is 49.4 Å². The molecule has 0 aliphatic carbocycles. The van der Waals surface area contributed by atoms with Crippen LogP contribution in [0.25, 0.3) is 10.8 Å². The molecule has 0 saturated carbocycles. The molecule has 0 bridgehead atoms. The highest BCUT2D eigenvalue weighted by atomic mass is 32.2. The van der Waals surface area contributed by atoms with Crippen molar-refractivity contribution in [1.82, 2.24) is 0 Å². The van der Waals surface area contributed by atoms with Gasteiger partial charge in [0.2, 0.25) is 0 Å². The molecule has 1 atom stereocenters. The second-order valence-electron chi connectivity index (χ2n) is 8.19. The predicted octanol–water partition coefficient (Wildman–Crippen LogP) is 5.55. The van der Waals surface area contributed by atoms with Crippen molar-refractivity contribution < 1.29 is 54.0 Å². The van der Waals surface area contributed by atoms with Gasteiger partial charge in [0.05, 0.1) is 11.1 Å². The number of hydrogen-bond donors (Lipinski definition) is 1.